The Labute approximate surface area is 275 Å². The second-order valence-electron chi connectivity index (χ2n) is 12.5. The van der Waals surface area contributed by atoms with Crippen molar-refractivity contribution < 1.29 is 44.8 Å². The molecule has 0 radical (unpaired) electrons. The number of halogens is 2. The Morgan fingerprint density at radius 3 is 1.23 bits per heavy atom. The zero-order valence-electron chi connectivity index (χ0n) is 25.9. The van der Waals surface area contributed by atoms with Gasteiger partial charge in [-0.1, -0.05) is 0 Å². The first kappa shape index (κ1) is 32.2. The fourth-order valence-corrected chi connectivity index (χ4v) is 36.6. The molecule has 4 aromatic rings. The van der Waals surface area contributed by atoms with E-state index in [0.717, 1.165) is 20.2 Å². The first-order valence-corrected chi connectivity index (χ1v) is 25.2. The van der Waals surface area contributed by atoms with Crippen LogP contribution < -0.4 is 24.8 Å². The number of aryl methyl sites for hydroxylation is 2. The van der Waals surface area contributed by atoms with Gasteiger partial charge in [-0.3, -0.25) is 0 Å². The van der Waals surface area contributed by atoms with Crippen LogP contribution in [0, 0.1) is 0 Å². The normalized spacial score (nSPS) is 18.2. The minimum absolute atomic E-state index is 0. The molecule has 4 aromatic carbocycles. The average molecular weight is 772 g/mol. The zero-order valence-corrected chi connectivity index (χ0v) is 31.0. The third kappa shape index (κ3) is 5.38. The summed E-state index contributed by atoms with van der Waals surface area (Å²) in [6, 6.07) is 33.1. The summed E-state index contributed by atoms with van der Waals surface area (Å²) in [5, 5.41) is 0. The van der Waals surface area contributed by atoms with E-state index >= 15 is 0 Å². The molecule has 0 amide bonds. The van der Waals surface area contributed by atoms with Gasteiger partial charge in [0.05, 0.1) is 0 Å². The smallest absolute Gasteiger partial charge is 1.00 e. The molecule has 3 heteroatoms. The molecular formula is C40H42Cl2Hf. The summed E-state index contributed by atoms with van der Waals surface area (Å²) < 4.78 is 4.49. The summed E-state index contributed by atoms with van der Waals surface area (Å²) in [4.78, 5) is 0. The van der Waals surface area contributed by atoms with E-state index in [-0.39, 0.29) is 24.8 Å². The maximum absolute atomic E-state index is 2.84. The van der Waals surface area contributed by atoms with Crippen molar-refractivity contribution in [1.82, 2.24) is 0 Å². The molecule has 2 atom stereocenters. The van der Waals surface area contributed by atoms with Crippen LogP contribution in [0.1, 0.15) is 81.3 Å². The van der Waals surface area contributed by atoms with E-state index in [1.807, 2.05) is 0 Å². The zero-order chi connectivity index (χ0) is 28.1. The second kappa shape index (κ2) is 13.0. The van der Waals surface area contributed by atoms with E-state index < -0.39 is 20.0 Å². The third-order valence-electron chi connectivity index (χ3n) is 10.4. The van der Waals surface area contributed by atoms with Gasteiger partial charge in [0.15, 0.2) is 0 Å². The van der Waals surface area contributed by atoms with E-state index in [2.05, 4.69) is 125 Å². The quantitative estimate of drug-likeness (QED) is 0.206. The van der Waals surface area contributed by atoms with Gasteiger partial charge in [-0.25, -0.2) is 0 Å². The van der Waals surface area contributed by atoms with Gasteiger partial charge in [-0.15, -0.1) is 0 Å². The molecule has 0 aromatic heterocycles. The van der Waals surface area contributed by atoms with Crippen molar-refractivity contribution in [2.75, 3.05) is 0 Å². The molecule has 3 aliphatic rings. The van der Waals surface area contributed by atoms with Gasteiger partial charge >= 0.3 is 253 Å². The van der Waals surface area contributed by atoms with Gasteiger partial charge in [-0.2, -0.15) is 0 Å². The molecule has 1 saturated heterocycles. The van der Waals surface area contributed by atoms with E-state index in [4.69, 9.17) is 0 Å². The Balaban J connectivity index is 0.00000184. The van der Waals surface area contributed by atoms with Crippen LogP contribution in [0.3, 0.4) is 0 Å². The Hall–Kier alpha value is -2.19. The van der Waals surface area contributed by atoms with Crippen LogP contribution >= 0.6 is 0 Å². The number of hydrogen-bond acceptors (Lipinski definition) is 0. The molecule has 0 N–H and O–H groups in total. The van der Waals surface area contributed by atoms with Gasteiger partial charge in [-0.05, 0) is 0 Å². The van der Waals surface area contributed by atoms with E-state index in [1.165, 1.54) is 65.7 Å². The molecule has 1 fully saturated rings. The van der Waals surface area contributed by atoms with E-state index in [0.29, 0.717) is 0 Å². The van der Waals surface area contributed by atoms with Crippen LogP contribution in [0.4, 0.5) is 0 Å². The summed E-state index contributed by atoms with van der Waals surface area (Å²) >= 11 is -2.84. The molecule has 1 aliphatic heterocycles. The van der Waals surface area contributed by atoms with Crippen LogP contribution in [0.25, 0.3) is 34.4 Å². The van der Waals surface area contributed by atoms with Crippen molar-refractivity contribution in [3.63, 3.8) is 0 Å². The van der Waals surface area contributed by atoms with Crippen molar-refractivity contribution >= 4 is 12.2 Å². The van der Waals surface area contributed by atoms with Crippen LogP contribution in [-0.2, 0) is 32.8 Å². The first-order chi connectivity index (χ1) is 20.1. The molecule has 7 rings (SSSR count). The van der Waals surface area contributed by atoms with Crippen molar-refractivity contribution in [2.45, 2.75) is 69.1 Å². The topological polar surface area (TPSA) is 0 Å². The predicted molar refractivity (Wildman–Crippen MR) is 174 cm³/mol. The maximum Gasteiger partial charge on any atom is -1.00 e. The molecular weight excluding hydrogens is 730 g/mol. The van der Waals surface area contributed by atoms with Crippen molar-refractivity contribution in [2.24, 2.45) is 0 Å². The summed E-state index contributed by atoms with van der Waals surface area (Å²) in [6.45, 7) is 9.29. The molecule has 2 unspecified atom stereocenters. The Morgan fingerprint density at radius 2 is 0.907 bits per heavy atom. The molecule has 1 heterocycles. The van der Waals surface area contributed by atoms with Gasteiger partial charge in [0.1, 0.15) is 0 Å². The predicted octanol–water partition coefficient (Wildman–Crippen LogP) is 5.55. The Bertz CT molecular complexity index is 1550. The van der Waals surface area contributed by atoms with Gasteiger partial charge in [0.25, 0.3) is 0 Å². The summed E-state index contributed by atoms with van der Waals surface area (Å²) in [5.74, 6) is 0. The van der Waals surface area contributed by atoms with Crippen LogP contribution in [0.2, 0.25) is 8.35 Å². The fourth-order valence-electron chi connectivity index (χ4n) is 8.13. The minimum atomic E-state index is -2.84. The van der Waals surface area contributed by atoms with Crippen molar-refractivity contribution in [3.05, 3.63) is 129 Å². The fraction of sp³-hybridized carbons (Fsp3) is 0.300. The van der Waals surface area contributed by atoms with Crippen molar-refractivity contribution in [1.29, 1.82) is 0 Å². The van der Waals surface area contributed by atoms with E-state index in [9.17, 15) is 0 Å². The minimum Gasteiger partial charge on any atom is -1.00 e. The Morgan fingerprint density at radius 1 is 0.512 bits per heavy atom. The first-order valence-electron chi connectivity index (χ1n) is 16.0. The summed E-state index contributed by atoms with van der Waals surface area (Å²) in [7, 11) is 0. The second-order valence-corrected chi connectivity index (χ2v) is 29.1. The molecule has 2 aliphatic carbocycles. The third-order valence-corrected chi connectivity index (χ3v) is 29.5. The number of fused-ring (bicyclic) bond motifs is 2. The number of benzene rings is 4. The molecule has 0 bridgehead atoms. The summed E-state index contributed by atoms with van der Waals surface area (Å²) in [5.41, 5.74) is 18.2. The van der Waals surface area contributed by atoms with Gasteiger partial charge in [0.2, 0.25) is 0 Å². The Kier molecular flexibility index (Phi) is 9.77. The van der Waals surface area contributed by atoms with Crippen LogP contribution in [0.15, 0.2) is 96.1 Å². The van der Waals surface area contributed by atoms with Crippen LogP contribution in [-0.4, -0.2) is 0 Å². The average Bonchev–Trinajstić information content (AvgIpc) is 3.56. The molecule has 0 saturated carbocycles. The number of allylic oxidation sites excluding steroid dienone is 2. The SMILES string of the molecule is CCC1=Cc2c(-c3ccc(CC)cc3)cccc2[CH]1[Hf+2]1([CH]2C(CC)=Cc3c(-c4ccc(CC)cc4)cccc32)[CH2][CH2]1.[Cl-].[Cl-]. The number of rotatable bonds is 8. The van der Waals surface area contributed by atoms with Gasteiger partial charge < -0.3 is 24.8 Å². The molecule has 0 spiro atoms. The largest absolute Gasteiger partial charge is 1.00 e. The molecule has 43 heavy (non-hydrogen) atoms. The van der Waals surface area contributed by atoms with E-state index in [1.54, 1.807) is 22.3 Å². The monoisotopic (exact) mass is 772 g/mol. The van der Waals surface area contributed by atoms with Crippen molar-refractivity contribution in [3.8, 4) is 22.3 Å². The number of hydrogen-bond donors (Lipinski definition) is 0. The van der Waals surface area contributed by atoms with Crippen LogP contribution in [0.5, 0.6) is 0 Å². The van der Waals surface area contributed by atoms with Gasteiger partial charge in [0, 0.05) is 0 Å². The summed E-state index contributed by atoms with van der Waals surface area (Å²) in [6.07, 6.45) is 9.77. The maximum atomic E-state index is 2.63. The molecule has 220 valence electrons. The standard InChI is InChI=1S/2C19H19.C2H4.2ClH.Hf/c2*1-3-14-8-10-16(11-9-14)18-7-5-6-17-12-15(4-2)13-19(17)18;1-2;;;/h2*5-13H,3-4H2,1-2H3;1-2H2;2*1H;/q;;;;;+2/p-2. The molecule has 0 nitrogen and oxygen atoms in total.